The maximum atomic E-state index is 13.7. The van der Waals surface area contributed by atoms with E-state index in [2.05, 4.69) is 22.3 Å². The van der Waals surface area contributed by atoms with E-state index in [1.54, 1.807) is 39.8 Å². The molecule has 3 amide bonds. The topological polar surface area (TPSA) is 154 Å². The van der Waals surface area contributed by atoms with Gasteiger partial charge in [0, 0.05) is 12.1 Å². The SMILES string of the molecule is CCCCCCCN(C(=O)C(CO)NC(=O)OC(C)(C)C)C(C(=O)NCC(=O)OC)c1cccc(C)c1O. The van der Waals surface area contributed by atoms with E-state index in [1.165, 1.54) is 18.1 Å². The number of para-hydroxylation sites is 1. The van der Waals surface area contributed by atoms with Gasteiger partial charge in [0.05, 0.1) is 13.7 Å². The Kier molecular flexibility index (Phi) is 13.6. The summed E-state index contributed by atoms with van der Waals surface area (Å²) in [7, 11) is 1.18. The molecule has 214 valence electrons. The Morgan fingerprint density at radius 1 is 1.08 bits per heavy atom. The number of unbranched alkanes of at least 4 members (excludes halogenated alkanes) is 4. The molecule has 2 unspecified atom stereocenters. The summed E-state index contributed by atoms with van der Waals surface area (Å²) in [5, 5.41) is 25.7. The molecule has 1 aromatic carbocycles. The van der Waals surface area contributed by atoms with Crippen LogP contribution in [0.4, 0.5) is 4.79 Å². The largest absolute Gasteiger partial charge is 0.507 e. The smallest absolute Gasteiger partial charge is 0.408 e. The van der Waals surface area contributed by atoms with Crippen LogP contribution in [-0.2, 0) is 23.9 Å². The first-order valence-corrected chi connectivity index (χ1v) is 12.9. The molecule has 4 N–H and O–H groups in total. The second-order valence-electron chi connectivity index (χ2n) is 10.0. The number of methoxy groups -OCH3 is 1. The van der Waals surface area contributed by atoms with Crippen LogP contribution in [0.5, 0.6) is 5.75 Å². The lowest BCUT2D eigenvalue weighted by atomic mass is 9.98. The number of aliphatic hydroxyl groups excluding tert-OH is 1. The molecule has 0 aliphatic carbocycles. The number of nitrogens with one attached hydrogen (secondary N) is 2. The summed E-state index contributed by atoms with van der Waals surface area (Å²) < 4.78 is 9.83. The summed E-state index contributed by atoms with van der Waals surface area (Å²) in [5.74, 6) is -2.35. The van der Waals surface area contributed by atoms with E-state index in [-0.39, 0.29) is 17.9 Å². The standard InChI is InChI=1S/C27H43N3O8/c1-7-8-9-10-11-15-30(25(35)20(17-31)29-26(36)38-27(3,4)5)22(24(34)28-16-21(32)37-6)19-14-12-13-18(2)23(19)33/h12-14,20,22,31,33H,7-11,15-17H2,1-6H3,(H,28,34)(H,29,36). The third-order valence-electron chi connectivity index (χ3n) is 5.72. The number of ether oxygens (including phenoxy) is 2. The summed E-state index contributed by atoms with van der Waals surface area (Å²) in [6.45, 7) is 7.61. The van der Waals surface area contributed by atoms with E-state index in [0.29, 0.717) is 12.0 Å². The van der Waals surface area contributed by atoms with Crippen LogP contribution in [0, 0.1) is 6.92 Å². The predicted octanol–water partition coefficient (Wildman–Crippen LogP) is 2.72. The number of nitrogens with zero attached hydrogens (tertiary/aromatic N) is 1. The average Bonchev–Trinajstić information content (AvgIpc) is 2.85. The number of hydrogen-bond donors (Lipinski definition) is 4. The molecule has 38 heavy (non-hydrogen) atoms. The maximum absolute atomic E-state index is 13.7. The Morgan fingerprint density at radius 2 is 1.74 bits per heavy atom. The molecule has 0 radical (unpaired) electrons. The van der Waals surface area contributed by atoms with Crippen LogP contribution in [0.15, 0.2) is 18.2 Å². The summed E-state index contributed by atoms with van der Waals surface area (Å²) in [4.78, 5) is 52.5. The van der Waals surface area contributed by atoms with Gasteiger partial charge in [-0.15, -0.1) is 0 Å². The van der Waals surface area contributed by atoms with Crippen LogP contribution in [0.2, 0.25) is 0 Å². The van der Waals surface area contributed by atoms with Gasteiger partial charge in [-0.25, -0.2) is 4.79 Å². The fourth-order valence-corrected chi connectivity index (χ4v) is 3.77. The zero-order valence-corrected chi connectivity index (χ0v) is 23.3. The molecule has 0 heterocycles. The molecule has 0 aliphatic rings. The van der Waals surface area contributed by atoms with Gasteiger partial charge in [0.15, 0.2) is 0 Å². The monoisotopic (exact) mass is 537 g/mol. The molecule has 0 spiro atoms. The second-order valence-corrected chi connectivity index (χ2v) is 10.0. The van der Waals surface area contributed by atoms with Crippen molar-refractivity contribution in [3.8, 4) is 5.75 Å². The summed E-state index contributed by atoms with van der Waals surface area (Å²) in [6.07, 6.45) is 3.35. The number of aliphatic hydroxyl groups is 1. The normalized spacial score (nSPS) is 12.7. The lowest BCUT2D eigenvalue weighted by Crippen LogP contribution is -2.54. The summed E-state index contributed by atoms with van der Waals surface area (Å²) >= 11 is 0. The third kappa shape index (κ3) is 10.6. The highest BCUT2D eigenvalue weighted by atomic mass is 16.6. The molecular weight excluding hydrogens is 494 g/mol. The number of amides is 3. The van der Waals surface area contributed by atoms with E-state index in [1.807, 2.05) is 0 Å². The predicted molar refractivity (Wildman–Crippen MR) is 141 cm³/mol. The number of rotatable bonds is 14. The first-order chi connectivity index (χ1) is 17.9. The Balaban J connectivity index is 3.45. The molecule has 1 rings (SSSR count). The molecule has 2 atom stereocenters. The van der Waals surface area contributed by atoms with Crippen molar-refractivity contribution in [2.45, 2.75) is 84.4 Å². The minimum atomic E-state index is -1.41. The van der Waals surface area contributed by atoms with Crippen molar-refractivity contribution in [2.75, 3.05) is 26.8 Å². The van der Waals surface area contributed by atoms with Crippen molar-refractivity contribution in [1.82, 2.24) is 15.5 Å². The molecular formula is C27H43N3O8. The van der Waals surface area contributed by atoms with Gasteiger partial charge in [-0.2, -0.15) is 0 Å². The van der Waals surface area contributed by atoms with Crippen molar-refractivity contribution in [3.63, 3.8) is 0 Å². The van der Waals surface area contributed by atoms with Crippen molar-refractivity contribution in [2.24, 2.45) is 0 Å². The van der Waals surface area contributed by atoms with Gasteiger partial charge in [0.2, 0.25) is 11.8 Å². The molecule has 1 aromatic rings. The third-order valence-corrected chi connectivity index (χ3v) is 5.72. The van der Waals surface area contributed by atoms with Crippen LogP contribution in [0.1, 0.15) is 77.0 Å². The lowest BCUT2D eigenvalue weighted by molar-refractivity contribution is -0.145. The number of alkyl carbamates (subject to hydrolysis) is 1. The van der Waals surface area contributed by atoms with E-state index in [4.69, 9.17) is 4.74 Å². The van der Waals surface area contributed by atoms with Gasteiger partial charge >= 0.3 is 12.1 Å². The highest BCUT2D eigenvalue weighted by molar-refractivity contribution is 5.93. The summed E-state index contributed by atoms with van der Waals surface area (Å²) in [6, 6.07) is 2.03. The van der Waals surface area contributed by atoms with Gasteiger partial charge in [-0.05, 0) is 39.7 Å². The second kappa shape index (κ2) is 15.8. The molecule has 11 heteroatoms. The van der Waals surface area contributed by atoms with Gasteiger partial charge in [-0.1, -0.05) is 50.8 Å². The Hall–Kier alpha value is -3.34. The van der Waals surface area contributed by atoms with E-state index in [0.717, 1.165) is 25.7 Å². The number of aromatic hydroxyl groups is 1. The van der Waals surface area contributed by atoms with Gasteiger partial charge in [0.1, 0.15) is 30.0 Å². The average molecular weight is 538 g/mol. The van der Waals surface area contributed by atoms with Crippen molar-refractivity contribution in [1.29, 1.82) is 0 Å². The van der Waals surface area contributed by atoms with Crippen LogP contribution < -0.4 is 10.6 Å². The van der Waals surface area contributed by atoms with E-state index in [9.17, 15) is 29.4 Å². The highest BCUT2D eigenvalue weighted by Crippen LogP contribution is 2.32. The van der Waals surface area contributed by atoms with Crippen LogP contribution in [-0.4, -0.2) is 77.4 Å². The number of phenols is 1. The molecule has 0 saturated carbocycles. The zero-order chi connectivity index (χ0) is 28.9. The fourth-order valence-electron chi connectivity index (χ4n) is 3.77. The highest BCUT2D eigenvalue weighted by Gasteiger charge is 2.37. The number of esters is 1. The van der Waals surface area contributed by atoms with Crippen molar-refractivity contribution in [3.05, 3.63) is 29.3 Å². The van der Waals surface area contributed by atoms with Gasteiger partial charge < -0.3 is 35.2 Å². The first kappa shape index (κ1) is 32.7. The Labute approximate surface area is 224 Å². The number of carbonyl (C=O) groups excluding carboxylic acids is 4. The van der Waals surface area contributed by atoms with Crippen molar-refractivity contribution < 1.29 is 38.9 Å². The van der Waals surface area contributed by atoms with Crippen molar-refractivity contribution >= 4 is 23.9 Å². The number of carbonyl (C=O) groups is 4. The van der Waals surface area contributed by atoms with Crippen LogP contribution >= 0.6 is 0 Å². The minimum absolute atomic E-state index is 0.0960. The van der Waals surface area contributed by atoms with Crippen LogP contribution in [0.3, 0.4) is 0 Å². The number of aryl methyl sites for hydroxylation is 1. The van der Waals surface area contributed by atoms with E-state index >= 15 is 0 Å². The fraction of sp³-hybridized carbons (Fsp3) is 0.630. The number of benzene rings is 1. The summed E-state index contributed by atoms with van der Waals surface area (Å²) in [5.41, 5.74) is -0.215. The quantitative estimate of drug-likeness (QED) is 0.209. The molecule has 0 aliphatic heterocycles. The van der Waals surface area contributed by atoms with E-state index < -0.39 is 54.7 Å². The Morgan fingerprint density at radius 3 is 2.32 bits per heavy atom. The van der Waals surface area contributed by atoms with Gasteiger partial charge in [0.25, 0.3) is 0 Å². The number of hydrogen-bond acceptors (Lipinski definition) is 8. The molecule has 0 aromatic heterocycles. The maximum Gasteiger partial charge on any atom is 0.408 e. The molecule has 11 nitrogen and oxygen atoms in total. The van der Waals surface area contributed by atoms with Crippen LogP contribution in [0.25, 0.3) is 0 Å². The first-order valence-electron chi connectivity index (χ1n) is 12.9. The zero-order valence-electron chi connectivity index (χ0n) is 23.3. The molecule has 0 saturated heterocycles. The lowest BCUT2D eigenvalue weighted by Gasteiger charge is -2.34. The number of phenolic OH excluding ortho intramolecular Hbond substituents is 1. The van der Waals surface area contributed by atoms with Gasteiger partial charge in [-0.3, -0.25) is 14.4 Å². The Bertz CT molecular complexity index is 945. The minimum Gasteiger partial charge on any atom is -0.507 e. The molecule has 0 fully saturated rings. The molecule has 0 bridgehead atoms.